The molecule has 1 N–H and O–H groups in total. The summed E-state index contributed by atoms with van der Waals surface area (Å²) in [6.07, 6.45) is 2.92. The smallest absolute Gasteiger partial charge is 0.227 e. The molecule has 1 aromatic heterocycles. The lowest BCUT2D eigenvalue weighted by Gasteiger charge is -2.35. The van der Waals surface area contributed by atoms with Crippen molar-refractivity contribution in [1.82, 2.24) is 35.0 Å². The quantitative estimate of drug-likeness (QED) is 0.175. The molecule has 2 aliphatic rings. The summed E-state index contributed by atoms with van der Waals surface area (Å²) in [5.74, 6) is -0.240. The van der Waals surface area contributed by atoms with Gasteiger partial charge in [0.05, 0.1) is 31.1 Å². The van der Waals surface area contributed by atoms with Crippen molar-refractivity contribution >= 4 is 17.5 Å². The van der Waals surface area contributed by atoms with Gasteiger partial charge < -0.3 is 29.5 Å². The Bertz CT molecular complexity index is 1590. The molecule has 12 nitrogen and oxygen atoms in total. The van der Waals surface area contributed by atoms with Gasteiger partial charge in [-0.1, -0.05) is 68.4 Å². The fourth-order valence-corrected chi connectivity index (χ4v) is 6.76. The monoisotopic (exact) mass is 730 g/mol. The highest BCUT2D eigenvalue weighted by Gasteiger charge is 2.29. The zero-order chi connectivity index (χ0) is 37.6. The van der Waals surface area contributed by atoms with Crippen LogP contribution in [0.1, 0.15) is 58.4 Å². The van der Waals surface area contributed by atoms with E-state index < -0.39 is 0 Å². The highest BCUT2D eigenvalue weighted by atomic mass is 16.5. The van der Waals surface area contributed by atoms with E-state index in [0.717, 1.165) is 106 Å². The van der Waals surface area contributed by atoms with Gasteiger partial charge in [0.25, 0.3) is 0 Å². The molecule has 3 aromatic rings. The summed E-state index contributed by atoms with van der Waals surface area (Å²) in [7, 11) is 4.26. The van der Waals surface area contributed by atoms with E-state index in [-0.39, 0.29) is 30.1 Å². The van der Waals surface area contributed by atoms with E-state index >= 15 is 0 Å². The van der Waals surface area contributed by atoms with Gasteiger partial charge in [0.2, 0.25) is 11.8 Å². The van der Waals surface area contributed by atoms with Crippen LogP contribution in [0, 0.1) is 5.41 Å². The van der Waals surface area contributed by atoms with Gasteiger partial charge in [0, 0.05) is 96.1 Å². The SMILES string of the molecule is CN(C)CCN1CCN(CCCn2nnc3c2-c2ccccc2CN(C(=O)CCC(=O)NCCCOCCOCCC(C)(C)C)c2ccccc2-3)CC1. The van der Waals surface area contributed by atoms with Gasteiger partial charge in [-0.25, -0.2) is 4.68 Å². The van der Waals surface area contributed by atoms with Gasteiger partial charge in [-0.2, -0.15) is 0 Å². The summed E-state index contributed by atoms with van der Waals surface area (Å²) < 4.78 is 13.3. The Balaban J connectivity index is 1.14. The number of hydrogen-bond donors (Lipinski definition) is 1. The fraction of sp³-hybridized carbons (Fsp3) is 0.610. The second-order valence-electron chi connectivity index (χ2n) is 15.7. The summed E-state index contributed by atoms with van der Waals surface area (Å²) in [5.41, 5.74) is 5.74. The van der Waals surface area contributed by atoms with E-state index in [0.29, 0.717) is 39.3 Å². The van der Waals surface area contributed by atoms with Crippen molar-refractivity contribution in [2.75, 3.05) is 97.8 Å². The maximum atomic E-state index is 13.9. The number of rotatable bonds is 19. The summed E-state index contributed by atoms with van der Waals surface area (Å²) in [4.78, 5) is 35.8. The van der Waals surface area contributed by atoms with Crippen molar-refractivity contribution in [1.29, 1.82) is 0 Å². The normalized spacial score (nSPS) is 15.1. The van der Waals surface area contributed by atoms with Crippen molar-refractivity contribution in [3.63, 3.8) is 0 Å². The highest BCUT2D eigenvalue weighted by Crippen LogP contribution is 2.41. The number of benzene rings is 2. The van der Waals surface area contributed by atoms with Crippen LogP contribution in [0.5, 0.6) is 0 Å². The number of carbonyl (C=O) groups is 2. The van der Waals surface area contributed by atoms with Crippen LogP contribution < -0.4 is 10.2 Å². The van der Waals surface area contributed by atoms with E-state index in [1.807, 2.05) is 41.1 Å². The Morgan fingerprint density at radius 2 is 1.49 bits per heavy atom. The summed E-state index contributed by atoms with van der Waals surface area (Å²) >= 11 is 0. The predicted molar refractivity (Wildman–Crippen MR) is 211 cm³/mol. The molecule has 0 unspecified atom stereocenters. The number of nitrogens with one attached hydrogen (secondary N) is 1. The first-order valence-corrected chi connectivity index (χ1v) is 19.5. The lowest BCUT2D eigenvalue weighted by molar-refractivity contribution is -0.125. The zero-order valence-corrected chi connectivity index (χ0v) is 32.8. The Morgan fingerprint density at radius 1 is 0.811 bits per heavy atom. The van der Waals surface area contributed by atoms with Crippen molar-refractivity contribution in [3.05, 3.63) is 54.1 Å². The molecule has 53 heavy (non-hydrogen) atoms. The molecule has 2 aliphatic heterocycles. The van der Waals surface area contributed by atoms with E-state index in [4.69, 9.17) is 14.6 Å². The molecule has 3 heterocycles. The number of aromatic nitrogens is 3. The number of carbonyl (C=O) groups excluding carboxylic acids is 2. The number of piperazine rings is 1. The molecule has 5 rings (SSSR count). The Labute approximate surface area is 316 Å². The van der Waals surface area contributed by atoms with Gasteiger partial charge in [-0.15, -0.1) is 5.10 Å². The maximum Gasteiger partial charge on any atom is 0.227 e. The maximum absolute atomic E-state index is 13.9. The number of ether oxygens (including phenoxy) is 2. The van der Waals surface area contributed by atoms with E-state index in [1.165, 1.54) is 0 Å². The van der Waals surface area contributed by atoms with Crippen molar-refractivity contribution in [2.24, 2.45) is 5.41 Å². The first kappa shape index (κ1) is 40.5. The van der Waals surface area contributed by atoms with Gasteiger partial charge in [-0.3, -0.25) is 14.5 Å². The van der Waals surface area contributed by atoms with Crippen LogP contribution in [-0.2, 0) is 32.2 Å². The molecule has 0 aliphatic carbocycles. The predicted octanol–water partition coefficient (Wildman–Crippen LogP) is 4.78. The topological polar surface area (TPSA) is 108 Å². The standard InChI is InChI=1S/C41H62N8O4/c1-41(2,3)18-29-53-31-30-52-28-10-19-42-37(50)16-17-38(51)48-32-33-12-6-7-13-34(33)40-39(35-14-8-9-15-36(35)48)43-44-49(40)21-11-20-46-24-26-47(27-25-46)23-22-45(4)5/h6-9,12-15H,10-11,16-32H2,1-5H3,(H,42,50). The molecule has 0 saturated carbocycles. The number of aryl methyl sites for hydroxylation is 1. The number of para-hydroxylation sites is 1. The fourth-order valence-electron chi connectivity index (χ4n) is 6.76. The van der Waals surface area contributed by atoms with Crippen LogP contribution in [-0.4, -0.2) is 134 Å². The second-order valence-corrected chi connectivity index (χ2v) is 15.7. The second kappa shape index (κ2) is 20.1. The molecular weight excluding hydrogens is 669 g/mol. The van der Waals surface area contributed by atoms with Crippen molar-refractivity contribution in [2.45, 2.75) is 66.0 Å². The van der Waals surface area contributed by atoms with Crippen LogP contribution in [0.2, 0.25) is 0 Å². The Hall–Kier alpha value is -3.68. The average Bonchev–Trinajstić information content (AvgIpc) is 3.55. The Morgan fingerprint density at radius 3 is 2.23 bits per heavy atom. The number of fused-ring (bicyclic) bond motifs is 5. The van der Waals surface area contributed by atoms with E-state index in [2.05, 4.69) is 72.2 Å². The number of amides is 2. The first-order chi connectivity index (χ1) is 25.6. The molecule has 1 fully saturated rings. The minimum absolute atomic E-state index is 0.102. The van der Waals surface area contributed by atoms with E-state index in [9.17, 15) is 9.59 Å². The third-order valence-electron chi connectivity index (χ3n) is 9.98. The van der Waals surface area contributed by atoms with Gasteiger partial charge >= 0.3 is 0 Å². The highest BCUT2D eigenvalue weighted by molar-refractivity contribution is 6.01. The summed E-state index contributed by atoms with van der Waals surface area (Å²) in [5, 5.41) is 12.3. The minimum atomic E-state index is -0.138. The molecular formula is C41H62N8O4. The number of hydrogen-bond acceptors (Lipinski definition) is 9. The zero-order valence-electron chi connectivity index (χ0n) is 32.8. The molecule has 0 radical (unpaired) electrons. The van der Waals surface area contributed by atoms with Crippen LogP contribution >= 0.6 is 0 Å². The molecule has 0 atom stereocenters. The lowest BCUT2D eigenvalue weighted by Crippen LogP contribution is -2.48. The summed E-state index contributed by atoms with van der Waals surface area (Å²) in [6, 6.07) is 16.1. The number of anilines is 1. The van der Waals surface area contributed by atoms with Gasteiger partial charge in [0.1, 0.15) is 5.69 Å². The van der Waals surface area contributed by atoms with Crippen LogP contribution in [0.3, 0.4) is 0 Å². The molecule has 1 saturated heterocycles. The molecule has 12 heteroatoms. The average molecular weight is 731 g/mol. The Kier molecular flexibility index (Phi) is 15.4. The summed E-state index contributed by atoms with van der Waals surface area (Å²) in [6.45, 7) is 18.3. The van der Waals surface area contributed by atoms with Crippen LogP contribution in [0.4, 0.5) is 5.69 Å². The van der Waals surface area contributed by atoms with Gasteiger partial charge in [-0.05, 0) is 50.4 Å². The molecule has 2 aromatic carbocycles. The molecule has 0 bridgehead atoms. The van der Waals surface area contributed by atoms with Crippen LogP contribution in [0.25, 0.3) is 22.5 Å². The minimum Gasteiger partial charge on any atom is -0.379 e. The first-order valence-electron chi connectivity index (χ1n) is 19.5. The molecule has 0 spiro atoms. The third kappa shape index (κ3) is 12.4. The molecule has 2 amide bonds. The van der Waals surface area contributed by atoms with Crippen molar-refractivity contribution < 1.29 is 19.1 Å². The van der Waals surface area contributed by atoms with Gasteiger partial charge in [0.15, 0.2) is 0 Å². The van der Waals surface area contributed by atoms with Crippen LogP contribution in [0.15, 0.2) is 48.5 Å². The van der Waals surface area contributed by atoms with Crippen molar-refractivity contribution in [3.8, 4) is 22.5 Å². The molecule has 290 valence electrons. The number of nitrogens with zero attached hydrogens (tertiary/aromatic N) is 7. The largest absolute Gasteiger partial charge is 0.379 e. The third-order valence-corrected chi connectivity index (χ3v) is 9.98. The van der Waals surface area contributed by atoms with E-state index in [1.54, 1.807) is 4.90 Å². The number of likely N-dealkylation sites (N-methyl/N-ethyl adjacent to an activating group) is 1. The lowest BCUT2D eigenvalue weighted by atomic mass is 9.93.